The summed E-state index contributed by atoms with van der Waals surface area (Å²) in [4.78, 5) is 21.6. The Kier molecular flexibility index (Phi) is 3.24. The predicted molar refractivity (Wildman–Crippen MR) is 74.6 cm³/mol. The fourth-order valence-corrected chi connectivity index (χ4v) is 2.53. The molecule has 2 aromatic rings. The highest BCUT2D eigenvalue weighted by Crippen LogP contribution is 2.30. The van der Waals surface area contributed by atoms with Crippen LogP contribution in [0.15, 0.2) is 36.5 Å². The minimum absolute atomic E-state index is 0.269. The van der Waals surface area contributed by atoms with Crippen LogP contribution in [-0.2, 0) is 11.3 Å². The molecule has 0 saturated carbocycles. The fourth-order valence-electron chi connectivity index (χ4n) is 2.53. The molecule has 0 aliphatic carbocycles. The van der Waals surface area contributed by atoms with Gasteiger partial charge in [-0.15, -0.1) is 0 Å². The van der Waals surface area contributed by atoms with E-state index in [0.717, 1.165) is 11.1 Å². The van der Waals surface area contributed by atoms with E-state index in [4.69, 9.17) is 5.26 Å². The normalized spacial score (nSPS) is 16.9. The molecule has 0 bridgehead atoms. The maximum absolute atomic E-state index is 11.5. The number of rotatable bonds is 2. The number of carboxylic acid groups (broad SMARTS) is 1. The van der Waals surface area contributed by atoms with Gasteiger partial charge in [0, 0.05) is 19.3 Å². The van der Waals surface area contributed by atoms with Crippen LogP contribution in [0.5, 0.6) is 0 Å². The molecule has 6 nitrogen and oxygen atoms in total. The monoisotopic (exact) mass is 280 g/mol. The van der Waals surface area contributed by atoms with E-state index in [0.29, 0.717) is 19.0 Å². The second kappa shape index (κ2) is 5.21. The number of carboxylic acids is 1. The van der Waals surface area contributed by atoms with E-state index in [1.165, 1.54) is 12.3 Å². The summed E-state index contributed by atoms with van der Waals surface area (Å²) in [6.07, 6.45) is 1.51. The molecule has 0 radical (unpaired) electrons. The van der Waals surface area contributed by atoms with Crippen LogP contribution in [-0.4, -0.2) is 27.6 Å². The van der Waals surface area contributed by atoms with Crippen molar-refractivity contribution < 1.29 is 9.90 Å². The van der Waals surface area contributed by atoms with Gasteiger partial charge in [0.15, 0.2) is 0 Å². The Balaban J connectivity index is 2.00. The Bertz CT molecular complexity index is 738. The first-order chi connectivity index (χ1) is 10.2. The summed E-state index contributed by atoms with van der Waals surface area (Å²) < 4.78 is 0. The standard InChI is InChI=1S/C15H12N4O2/c16-7-11-5-6-17-15(18-11)19-8-10-3-1-2-4-12(10)13(9-19)14(20)21/h1-6,13H,8-9H2,(H,20,21). The van der Waals surface area contributed by atoms with Gasteiger partial charge in [0.25, 0.3) is 0 Å². The number of fused-ring (bicyclic) bond motifs is 1. The molecule has 1 N–H and O–H groups in total. The average molecular weight is 280 g/mol. The average Bonchev–Trinajstić information content (AvgIpc) is 2.53. The maximum atomic E-state index is 11.5. The number of hydrogen-bond acceptors (Lipinski definition) is 5. The van der Waals surface area contributed by atoms with Crippen molar-refractivity contribution in [1.82, 2.24) is 9.97 Å². The zero-order valence-corrected chi connectivity index (χ0v) is 11.1. The molecule has 6 heteroatoms. The first kappa shape index (κ1) is 13.1. The van der Waals surface area contributed by atoms with Crippen LogP contribution in [0.4, 0.5) is 5.95 Å². The molecule has 1 aromatic carbocycles. The number of hydrogen-bond donors (Lipinski definition) is 1. The van der Waals surface area contributed by atoms with Crippen molar-refractivity contribution in [3.8, 4) is 6.07 Å². The van der Waals surface area contributed by atoms with Crippen LogP contribution < -0.4 is 4.90 Å². The number of aromatic nitrogens is 2. The second-order valence-electron chi connectivity index (χ2n) is 4.82. The number of anilines is 1. The van der Waals surface area contributed by atoms with E-state index in [9.17, 15) is 9.90 Å². The molecule has 0 saturated heterocycles. The minimum Gasteiger partial charge on any atom is -0.481 e. The summed E-state index contributed by atoms with van der Waals surface area (Å²) >= 11 is 0. The van der Waals surface area contributed by atoms with E-state index in [1.54, 1.807) is 4.90 Å². The van der Waals surface area contributed by atoms with Crippen LogP contribution in [0, 0.1) is 11.3 Å². The Morgan fingerprint density at radius 1 is 1.38 bits per heavy atom. The van der Waals surface area contributed by atoms with Crippen LogP contribution in [0.3, 0.4) is 0 Å². The molecule has 0 amide bonds. The molecule has 3 rings (SSSR count). The van der Waals surface area contributed by atoms with Crippen molar-refractivity contribution in [3.05, 3.63) is 53.3 Å². The quantitative estimate of drug-likeness (QED) is 0.897. The molecule has 0 fully saturated rings. The summed E-state index contributed by atoms with van der Waals surface area (Å²) in [5, 5.41) is 18.3. The SMILES string of the molecule is N#Cc1ccnc(N2Cc3ccccc3C(C(=O)O)C2)n1. The topological polar surface area (TPSA) is 90.1 Å². The summed E-state index contributed by atoms with van der Waals surface area (Å²) in [5.41, 5.74) is 2.05. The lowest BCUT2D eigenvalue weighted by Gasteiger charge is -2.32. The minimum atomic E-state index is -0.872. The summed E-state index contributed by atoms with van der Waals surface area (Å²) in [6, 6.07) is 11.0. The molecule has 1 atom stereocenters. The third-order valence-electron chi connectivity index (χ3n) is 3.53. The van der Waals surface area contributed by atoms with E-state index < -0.39 is 11.9 Å². The number of nitriles is 1. The number of nitrogens with zero attached hydrogens (tertiary/aromatic N) is 4. The maximum Gasteiger partial charge on any atom is 0.312 e. The highest BCUT2D eigenvalue weighted by atomic mass is 16.4. The lowest BCUT2D eigenvalue weighted by Crippen LogP contribution is -2.37. The van der Waals surface area contributed by atoms with Crippen LogP contribution in [0.25, 0.3) is 0 Å². The molecular formula is C15H12N4O2. The lowest BCUT2D eigenvalue weighted by atomic mass is 9.90. The Morgan fingerprint density at radius 3 is 2.95 bits per heavy atom. The first-order valence-electron chi connectivity index (χ1n) is 6.47. The van der Waals surface area contributed by atoms with Gasteiger partial charge in [-0.25, -0.2) is 9.97 Å². The van der Waals surface area contributed by atoms with Gasteiger partial charge in [0.05, 0.1) is 5.92 Å². The molecule has 2 heterocycles. The Morgan fingerprint density at radius 2 is 2.19 bits per heavy atom. The summed E-state index contributed by atoms with van der Waals surface area (Å²) in [5.74, 6) is -1.11. The van der Waals surface area contributed by atoms with Gasteiger partial charge in [-0.2, -0.15) is 5.26 Å². The number of benzene rings is 1. The van der Waals surface area contributed by atoms with Gasteiger partial charge in [-0.1, -0.05) is 24.3 Å². The summed E-state index contributed by atoms with van der Waals surface area (Å²) in [7, 11) is 0. The second-order valence-corrected chi connectivity index (χ2v) is 4.82. The van der Waals surface area contributed by atoms with Gasteiger partial charge in [-0.05, 0) is 17.2 Å². The summed E-state index contributed by atoms with van der Waals surface area (Å²) in [6.45, 7) is 0.829. The molecule has 21 heavy (non-hydrogen) atoms. The smallest absolute Gasteiger partial charge is 0.312 e. The molecule has 1 aliphatic heterocycles. The van der Waals surface area contributed by atoms with Crippen molar-refractivity contribution in [3.63, 3.8) is 0 Å². The number of aliphatic carboxylic acids is 1. The van der Waals surface area contributed by atoms with E-state index >= 15 is 0 Å². The van der Waals surface area contributed by atoms with Crippen molar-refractivity contribution in [1.29, 1.82) is 5.26 Å². The Labute approximate surface area is 121 Å². The van der Waals surface area contributed by atoms with Crippen molar-refractivity contribution in [2.45, 2.75) is 12.5 Å². The van der Waals surface area contributed by atoms with Crippen LogP contribution in [0.1, 0.15) is 22.7 Å². The fraction of sp³-hybridized carbons (Fsp3) is 0.200. The Hall–Kier alpha value is -2.94. The van der Waals surface area contributed by atoms with Gasteiger partial charge in [-0.3, -0.25) is 4.79 Å². The largest absolute Gasteiger partial charge is 0.481 e. The highest BCUT2D eigenvalue weighted by Gasteiger charge is 2.31. The van der Waals surface area contributed by atoms with E-state index in [-0.39, 0.29) is 5.69 Å². The highest BCUT2D eigenvalue weighted by molar-refractivity contribution is 5.78. The zero-order valence-electron chi connectivity index (χ0n) is 11.1. The van der Waals surface area contributed by atoms with Gasteiger partial charge in [0.2, 0.25) is 5.95 Å². The molecule has 104 valence electrons. The zero-order chi connectivity index (χ0) is 14.8. The molecule has 1 aromatic heterocycles. The van der Waals surface area contributed by atoms with Crippen molar-refractivity contribution in [2.24, 2.45) is 0 Å². The third-order valence-corrected chi connectivity index (χ3v) is 3.53. The van der Waals surface area contributed by atoms with Crippen molar-refractivity contribution >= 4 is 11.9 Å². The lowest BCUT2D eigenvalue weighted by molar-refractivity contribution is -0.138. The van der Waals surface area contributed by atoms with Crippen LogP contribution >= 0.6 is 0 Å². The molecule has 1 unspecified atom stereocenters. The van der Waals surface area contributed by atoms with Crippen LogP contribution in [0.2, 0.25) is 0 Å². The molecule has 1 aliphatic rings. The third kappa shape index (κ3) is 2.41. The van der Waals surface area contributed by atoms with E-state index in [1.807, 2.05) is 30.3 Å². The van der Waals surface area contributed by atoms with Gasteiger partial charge in [0.1, 0.15) is 11.8 Å². The first-order valence-corrected chi connectivity index (χ1v) is 6.47. The van der Waals surface area contributed by atoms with Gasteiger partial charge >= 0.3 is 5.97 Å². The van der Waals surface area contributed by atoms with Crippen molar-refractivity contribution in [2.75, 3.05) is 11.4 Å². The van der Waals surface area contributed by atoms with E-state index in [2.05, 4.69) is 9.97 Å². The van der Waals surface area contributed by atoms with Gasteiger partial charge < -0.3 is 10.0 Å². The predicted octanol–water partition coefficient (Wildman–Crippen LogP) is 1.54. The molecular weight excluding hydrogens is 268 g/mol. The number of carbonyl (C=O) groups is 1. The molecule has 0 spiro atoms.